The van der Waals surface area contributed by atoms with E-state index in [9.17, 15) is 0 Å². The molecule has 0 aliphatic carbocycles. The summed E-state index contributed by atoms with van der Waals surface area (Å²) in [5.41, 5.74) is 2.18. The van der Waals surface area contributed by atoms with Crippen LogP contribution in [0.4, 0.5) is 23.1 Å². The van der Waals surface area contributed by atoms with Crippen molar-refractivity contribution in [3.8, 4) is 17.6 Å². The Morgan fingerprint density at radius 1 is 1.15 bits per heavy atom. The highest BCUT2D eigenvalue weighted by Crippen LogP contribution is 2.42. The standard InChI is InChI=1S/C19H15N5O2/c1-24(15-6-3-7-16-18(15)26-12-25-16)17-8-9-21-19(23-17)22-14-5-2-4-13(10-14)11-20/h2-10H,12H2,1H3,(H,21,22,23). The van der Waals surface area contributed by atoms with Crippen molar-refractivity contribution in [2.24, 2.45) is 0 Å². The van der Waals surface area contributed by atoms with Crippen LogP contribution in [0.1, 0.15) is 5.56 Å². The number of nitrogens with zero attached hydrogens (tertiary/aromatic N) is 4. The maximum Gasteiger partial charge on any atom is 0.231 e. The number of ether oxygens (including phenoxy) is 2. The lowest BCUT2D eigenvalue weighted by Gasteiger charge is -2.20. The molecule has 0 saturated heterocycles. The monoisotopic (exact) mass is 345 g/mol. The van der Waals surface area contributed by atoms with Crippen molar-refractivity contribution in [2.45, 2.75) is 0 Å². The predicted octanol–water partition coefficient (Wildman–Crippen LogP) is 3.59. The molecule has 1 aliphatic rings. The van der Waals surface area contributed by atoms with Crippen LogP contribution >= 0.6 is 0 Å². The fourth-order valence-corrected chi connectivity index (χ4v) is 2.69. The van der Waals surface area contributed by atoms with Crippen LogP contribution in [0.5, 0.6) is 11.5 Å². The topological polar surface area (TPSA) is 83.3 Å². The Morgan fingerprint density at radius 3 is 2.92 bits per heavy atom. The molecule has 0 atom stereocenters. The zero-order chi connectivity index (χ0) is 17.9. The maximum absolute atomic E-state index is 9.01. The average Bonchev–Trinajstić information content (AvgIpc) is 3.16. The van der Waals surface area contributed by atoms with Crippen LogP contribution in [0.2, 0.25) is 0 Å². The molecule has 0 saturated carbocycles. The second kappa shape index (κ2) is 6.61. The summed E-state index contributed by atoms with van der Waals surface area (Å²) in [5, 5.41) is 12.1. The fourth-order valence-electron chi connectivity index (χ4n) is 2.69. The molecule has 1 N–H and O–H groups in total. The second-order valence-corrected chi connectivity index (χ2v) is 5.63. The summed E-state index contributed by atoms with van der Waals surface area (Å²) in [7, 11) is 1.90. The van der Waals surface area contributed by atoms with Crippen molar-refractivity contribution in [2.75, 3.05) is 24.1 Å². The first-order valence-electron chi connectivity index (χ1n) is 7.97. The molecule has 2 aromatic carbocycles. The van der Waals surface area contributed by atoms with E-state index in [1.54, 1.807) is 18.3 Å². The van der Waals surface area contributed by atoms with Gasteiger partial charge in [0.05, 0.1) is 17.3 Å². The zero-order valence-corrected chi connectivity index (χ0v) is 14.0. The van der Waals surface area contributed by atoms with Crippen LogP contribution in [0, 0.1) is 11.3 Å². The Bertz CT molecular complexity index is 999. The van der Waals surface area contributed by atoms with Gasteiger partial charge in [0.1, 0.15) is 5.82 Å². The quantitative estimate of drug-likeness (QED) is 0.773. The van der Waals surface area contributed by atoms with Crippen molar-refractivity contribution < 1.29 is 9.47 Å². The number of hydrogen-bond donors (Lipinski definition) is 1. The van der Waals surface area contributed by atoms with E-state index in [1.807, 2.05) is 48.3 Å². The van der Waals surface area contributed by atoms with Crippen molar-refractivity contribution >= 4 is 23.1 Å². The van der Waals surface area contributed by atoms with Gasteiger partial charge in [0.25, 0.3) is 0 Å². The molecule has 4 rings (SSSR count). The lowest BCUT2D eigenvalue weighted by Crippen LogP contribution is -2.13. The maximum atomic E-state index is 9.01. The van der Waals surface area contributed by atoms with Gasteiger partial charge in [-0.1, -0.05) is 12.1 Å². The molecule has 2 heterocycles. The molecule has 0 bridgehead atoms. The highest BCUT2D eigenvalue weighted by molar-refractivity contribution is 5.71. The van der Waals surface area contributed by atoms with Crippen molar-refractivity contribution in [1.29, 1.82) is 5.26 Å². The predicted molar refractivity (Wildman–Crippen MR) is 97.1 cm³/mol. The number of benzene rings is 2. The molecule has 7 nitrogen and oxygen atoms in total. The summed E-state index contributed by atoms with van der Waals surface area (Å²) in [6.07, 6.45) is 1.68. The molecule has 0 radical (unpaired) electrons. The Hall–Kier alpha value is -3.79. The van der Waals surface area contributed by atoms with Crippen LogP contribution in [0.15, 0.2) is 54.7 Å². The van der Waals surface area contributed by atoms with Gasteiger partial charge in [0.2, 0.25) is 12.7 Å². The molecule has 1 aliphatic heterocycles. The van der Waals surface area contributed by atoms with Gasteiger partial charge in [-0.3, -0.25) is 0 Å². The molecular weight excluding hydrogens is 330 g/mol. The minimum Gasteiger partial charge on any atom is -0.454 e. The van der Waals surface area contributed by atoms with E-state index in [-0.39, 0.29) is 6.79 Å². The van der Waals surface area contributed by atoms with Crippen LogP contribution in [-0.2, 0) is 0 Å². The largest absolute Gasteiger partial charge is 0.454 e. The molecule has 7 heteroatoms. The molecule has 26 heavy (non-hydrogen) atoms. The van der Waals surface area contributed by atoms with E-state index < -0.39 is 0 Å². The second-order valence-electron chi connectivity index (χ2n) is 5.63. The van der Waals surface area contributed by atoms with E-state index in [2.05, 4.69) is 21.4 Å². The Labute approximate surface area is 150 Å². The van der Waals surface area contributed by atoms with Gasteiger partial charge in [-0.2, -0.15) is 10.2 Å². The average molecular weight is 345 g/mol. The smallest absolute Gasteiger partial charge is 0.231 e. The molecular formula is C19H15N5O2. The third-order valence-corrected chi connectivity index (χ3v) is 3.97. The van der Waals surface area contributed by atoms with Gasteiger partial charge in [-0.25, -0.2) is 4.98 Å². The number of hydrogen-bond acceptors (Lipinski definition) is 7. The van der Waals surface area contributed by atoms with Gasteiger partial charge in [-0.05, 0) is 36.4 Å². The minimum absolute atomic E-state index is 0.214. The number of nitrogens with one attached hydrogen (secondary N) is 1. The molecule has 1 aromatic heterocycles. The summed E-state index contributed by atoms with van der Waals surface area (Å²) in [4.78, 5) is 10.7. The first-order chi connectivity index (χ1) is 12.7. The van der Waals surface area contributed by atoms with E-state index >= 15 is 0 Å². The zero-order valence-electron chi connectivity index (χ0n) is 14.0. The Balaban J connectivity index is 1.62. The normalized spacial score (nSPS) is 11.7. The Kier molecular flexibility index (Phi) is 4.00. The van der Waals surface area contributed by atoms with Gasteiger partial charge in [0.15, 0.2) is 11.5 Å². The molecule has 128 valence electrons. The van der Waals surface area contributed by atoms with Crippen molar-refractivity contribution in [3.63, 3.8) is 0 Å². The lowest BCUT2D eigenvalue weighted by atomic mass is 10.2. The molecule has 0 amide bonds. The minimum atomic E-state index is 0.214. The van der Waals surface area contributed by atoms with Crippen LogP contribution in [0.25, 0.3) is 0 Å². The van der Waals surface area contributed by atoms with Crippen molar-refractivity contribution in [3.05, 3.63) is 60.3 Å². The number of rotatable bonds is 4. The van der Waals surface area contributed by atoms with E-state index in [0.29, 0.717) is 23.1 Å². The number of para-hydroxylation sites is 1. The summed E-state index contributed by atoms with van der Waals surface area (Å²) in [6.45, 7) is 0.214. The lowest BCUT2D eigenvalue weighted by molar-refractivity contribution is 0.174. The molecule has 3 aromatic rings. The van der Waals surface area contributed by atoms with Gasteiger partial charge >= 0.3 is 0 Å². The molecule has 0 unspecified atom stereocenters. The van der Waals surface area contributed by atoms with Gasteiger partial charge in [-0.15, -0.1) is 0 Å². The summed E-state index contributed by atoms with van der Waals surface area (Å²) in [6, 6.07) is 16.8. The first kappa shape index (κ1) is 15.7. The highest BCUT2D eigenvalue weighted by atomic mass is 16.7. The van der Waals surface area contributed by atoms with Crippen LogP contribution in [-0.4, -0.2) is 23.8 Å². The Morgan fingerprint density at radius 2 is 2.04 bits per heavy atom. The van der Waals surface area contributed by atoms with Crippen LogP contribution < -0.4 is 19.7 Å². The highest BCUT2D eigenvalue weighted by Gasteiger charge is 2.21. The van der Waals surface area contributed by atoms with E-state index in [1.165, 1.54) is 0 Å². The summed E-state index contributed by atoms with van der Waals surface area (Å²) < 4.78 is 11.0. The van der Waals surface area contributed by atoms with E-state index in [4.69, 9.17) is 14.7 Å². The number of nitriles is 1. The number of aromatic nitrogens is 2. The summed E-state index contributed by atoms with van der Waals surface area (Å²) in [5.74, 6) is 2.55. The number of anilines is 4. The van der Waals surface area contributed by atoms with E-state index in [0.717, 1.165) is 17.1 Å². The molecule has 0 fully saturated rings. The third kappa shape index (κ3) is 2.96. The van der Waals surface area contributed by atoms with Crippen LogP contribution in [0.3, 0.4) is 0 Å². The number of fused-ring (bicyclic) bond motifs is 1. The van der Waals surface area contributed by atoms with Gasteiger partial charge in [0, 0.05) is 18.9 Å². The third-order valence-electron chi connectivity index (χ3n) is 3.97. The SMILES string of the molecule is CN(c1ccnc(Nc2cccc(C#N)c2)n1)c1cccc2c1OCO2. The van der Waals surface area contributed by atoms with Gasteiger partial charge < -0.3 is 19.7 Å². The first-order valence-corrected chi connectivity index (χ1v) is 7.97. The van der Waals surface area contributed by atoms with Crippen molar-refractivity contribution in [1.82, 2.24) is 9.97 Å². The molecule has 0 spiro atoms. The fraction of sp³-hybridized carbons (Fsp3) is 0.105. The summed E-state index contributed by atoms with van der Waals surface area (Å²) >= 11 is 0.